The molecule has 20 heavy (non-hydrogen) atoms. The molecule has 1 aromatic rings. The van der Waals surface area contributed by atoms with Crippen molar-refractivity contribution in [1.29, 1.82) is 0 Å². The van der Waals surface area contributed by atoms with Crippen molar-refractivity contribution in [2.45, 2.75) is 13.5 Å². The van der Waals surface area contributed by atoms with Crippen LogP contribution in [0.4, 0.5) is 4.79 Å². The molecule has 0 radical (unpaired) electrons. The Bertz CT molecular complexity index is 465. The van der Waals surface area contributed by atoms with Crippen LogP contribution >= 0.6 is 11.8 Å². The lowest BCUT2D eigenvalue weighted by atomic mass is 10.1. The molecular formula is C14H20N2O3S. The second-order valence-electron chi connectivity index (χ2n) is 4.63. The zero-order chi connectivity index (χ0) is 15.0. The second-order valence-corrected chi connectivity index (χ2v) is 5.54. The van der Waals surface area contributed by atoms with Gasteiger partial charge >= 0.3 is 12.0 Å². The SMILES string of the molecule is CSCC(C)CNC(=O)NCc1cccc(C(=O)O)c1. The average Bonchev–Trinajstić information content (AvgIpc) is 2.43. The number of hydrogen-bond donors (Lipinski definition) is 3. The number of nitrogens with one attached hydrogen (secondary N) is 2. The number of thioether (sulfide) groups is 1. The summed E-state index contributed by atoms with van der Waals surface area (Å²) in [7, 11) is 0. The normalized spacial score (nSPS) is 11.7. The van der Waals surface area contributed by atoms with E-state index in [0.29, 0.717) is 19.0 Å². The number of amides is 2. The molecule has 0 fully saturated rings. The molecule has 0 saturated heterocycles. The van der Waals surface area contributed by atoms with Gasteiger partial charge in [-0.25, -0.2) is 9.59 Å². The van der Waals surface area contributed by atoms with Crippen LogP contribution in [-0.2, 0) is 6.54 Å². The first-order valence-electron chi connectivity index (χ1n) is 6.35. The monoisotopic (exact) mass is 296 g/mol. The van der Waals surface area contributed by atoms with E-state index in [4.69, 9.17) is 5.11 Å². The first-order valence-corrected chi connectivity index (χ1v) is 7.75. The van der Waals surface area contributed by atoms with E-state index in [-0.39, 0.29) is 11.6 Å². The number of carbonyl (C=O) groups excluding carboxylic acids is 1. The zero-order valence-corrected chi connectivity index (χ0v) is 12.5. The first-order chi connectivity index (χ1) is 9.52. The molecule has 0 aromatic heterocycles. The van der Waals surface area contributed by atoms with Crippen LogP contribution < -0.4 is 10.6 Å². The van der Waals surface area contributed by atoms with Crippen LogP contribution in [0, 0.1) is 5.92 Å². The van der Waals surface area contributed by atoms with Crippen molar-refractivity contribution < 1.29 is 14.7 Å². The number of carboxylic acids is 1. The number of urea groups is 1. The molecule has 110 valence electrons. The van der Waals surface area contributed by atoms with E-state index in [1.165, 1.54) is 6.07 Å². The van der Waals surface area contributed by atoms with Crippen molar-refractivity contribution in [2.75, 3.05) is 18.6 Å². The highest BCUT2D eigenvalue weighted by Crippen LogP contribution is 2.05. The van der Waals surface area contributed by atoms with Gasteiger partial charge in [0.05, 0.1) is 5.56 Å². The predicted molar refractivity (Wildman–Crippen MR) is 81.2 cm³/mol. The molecule has 0 aliphatic heterocycles. The third-order valence-corrected chi connectivity index (χ3v) is 3.59. The fourth-order valence-electron chi connectivity index (χ4n) is 1.67. The van der Waals surface area contributed by atoms with E-state index in [0.717, 1.165) is 11.3 Å². The van der Waals surface area contributed by atoms with Gasteiger partial charge in [0.2, 0.25) is 0 Å². The molecule has 0 spiro atoms. The number of carboxylic acid groups (broad SMARTS) is 1. The molecule has 1 unspecified atom stereocenters. The summed E-state index contributed by atoms with van der Waals surface area (Å²) in [6, 6.07) is 6.29. The number of rotatable bonds is 7. The molecular weight excluding hydrogens is 276 g/mol. The largest absolute Gasteiger partial charge is 0.478 e. The average molecular weight is 296 g/mol. The van der Waals surface area contributed by atoms with Gasteiger partial charge in [-0.15, -0.1) is 0 Å². The summed E-state index contributed by atoms with van der Waals surface area (Å²) in [6.45, 7) is 3.01. The molecule has 0 aliphatic rings. The van der Waals surface area contributed by atoms with E-state index in [1.807, 2.05) is 6.26 Å². The lowest BCUT2D eigenvalue weighted by Gasteiger charge is -2.12. The highest BCUT2D eigenvalue weighted by Gasteiger charge is 2.06. The van der Waals surface area contributed by atoms with Crippen LogP contribution in [0.5, 0.6) is 0 Å². The summed E-state index contributed by atoms with van der Waals surface area (Å²) in [5, 5.41) is 14.4. The van der Waals surface area contributed by atoms with Gasteiger partial charge in [-0.1, -0.05) is 19.1 Å². The van der Waals surface area contributed by atoms with Crippen LogP contribution in [0.2, 0.25) is 0 Å². The maximum absolute atomic E-state index is 11.6. The minimum Gasteiger partial charge on any atom is -0.478 e. The Morgan fingerprint density at radius 3 is 2.75 bits per heavy atom. The van der Waals surface area contributed by atoms with Crippen molar-refractivity contribution >= 4 is 23.8 Å². The van der Waals surface area contributed by atoms with Gasteiger partial charge in [0.15, 0.2) is 0 Å². The van der Waals surface area contributed by atoms with Gasteiger partial charge in [0.25, 0.3) is 0 Å². The van der Waals surface area contributed by atoms with Crippen LogP contribution in [0.15, 0.2) is 24.3 Å². The molecule has 0 heterocycles. The van der Waals surface area contributed by atoms with Crippen molar-refractivity contribution in [2.24, 2.45) is 5.92 Å². The summed E-state index contributed by atoms with van der Waals surface area (Å²) < 4.78 is 0. The van der Waals surface area contributed by atoms with Gasteiger partial charge in [-0.05, 0) is 35.6 Å². The molecule has 2 amide bonds. The molecule has 1 atom stereocenters. The number of aromatic carboxylic acids is 1. The number of carbonyl (C=O) groups is 2. The zero-order valence-electron chi connectivity index (χ0n) is 11.7. The maximum atomic E-state index is 11.6. The Morgan fingerprint density at radius 2 is 2.10 bits per heavy atom. The maximum Gasteiger partial charge on any atom is 0.335 e. The summed E-state index contributed by atoms with van der Waals surface area (Å²) in [5.41, 5.74) is 0.982. The Labute approximate surface area is 123 Å². The summed E-state index contributed by atoms with van der Waals surface area (Å²) in [4.78, 5) is 22.4. The molecule has 1 rings (SSSR count). The van der Waals surface area contributed by atoms with Crippen molar-refractivity contribution in [3.05, 3.63) is 35.4 Å². The van der Waals surface area contributed by atoms with E-state index < -0.39 is 5.97 Å². The third-order valence-electron chi connectivity index (χ3n) is 2.69. The molecule has 5 nitrogen and oxygen atoms in total. The van der Waals surface area contributed by atoms with E-state index in [1.54, 1.807) is 30.0 Å². The van der Waals surface area contributed by atoms with E-state index in [9.17, 15) is 9.59 Å². The standard InChI is InChI=1S/C14H20N2O3S/c1-10(9-20-2)7-15-14(19)16-8-11-4-3-5-12(6-11)13(17)18/h3-6,10H,7-9H2,1-2H3,(H,17,18)(H2,15,16,19). The highest BCUT2D eigenvalue weighted by molar-refractivity contribution is 7.98. The molecule has 6 heteroatoms. The van der Waals surface area contributed by atoms with Crippen molar-refractivity contribution in [3.63, 3.8) is 0 Å². The molecule has 0 saturated carbocycles. The Hall–Kier alpha value is -1.69. The molecule has 1 aromatic carbocycles. The van der Waals surface area contributed by atoms with Crippen molar-refractivity contribution in [1.82, 2.24) is 10.6 Å². The minimum absolute atomic E-state index is 0.221. The summed E-state index contributed by atoms with van der Waals surface area (Å²) >= 11 is 1.75. The van der Waals surface area contributed by atoms with E-state index >= 15 is 0 Å². The smallest absolute Gasteiger partial charge is 0.335 e. The van der Waals surface area contributed by atoms with Gasteiger partial charge in [-0.2, -0.15) is 11.8 Å². The quantitative estimate of drug-likeness (QED) is 0.720. The molecule has 0 bridgehead atoms. The van der Waals surface area contributed by atoms with Crippen LogP contribution in [-0.4, -0.2) is 35.7 Å². The third kappa shape index (κ3) is 5.97. The predicted octanol–water partition coefficient (Wildman–Crippen LogP) is 2.18. The van der Waals surface area contributed by atoms with Gasteiger partial charge in [0, 0.05) is 13.1 Å². The highest BCUT2D eigenvalue weighted by atomic mass is 32.2. The fourth-order valence-corrected chi connectivity index (χ4v) is 2.36. The summed E-state index contributed by atoms with van der Waals surface area (Å²) in [6.07, 6.45) is 2.03. The minimum atomic E-state index is -0.970. The molecule has 3 N–H and O–H groups in total. The van der Waals surface area contributed by atoms with Crippen molar-refractivity contribution in [3.8, 4) is 0 Å². The van der Waals surface area contributed by atoms with Crippen LogP contribution in [0.3, 0.4) is 0 Å². The van der Waals surface area contributed by atoms with Gasteiger partial charge < -0.3 is 15.7 Å². The topological polar surface area (TPSA) is 78.4 Å². The van der Waals surface area contributed by atoms with Gasteiger partial charge in [0.1, 0.15) is 0 Å². The second kappa shape index (κ2) is 8.47. The summed E-state index contributed by atoms with van der Waals surface area (Å²) in [5.74, 6) is 0.453. The Balaban J connectivity index is 2.37. The number of hydrogen-bond acceptors (Lipinski definition) is 3. The van der Waals surface area contributed by atoms with Crippen LogP contribution in [0.1, 0.15) is 22.8 Å². The first kappa shape index (κ1) is 16.4. The van der Waals surface area contributed by atoms with E-state index in [2.05, 4.69) is 17.6 Å². The lowest BCUT2D eigenvalue weighted by molar-refractivity contribution is 0.0696. The Kier molecular flexibility index (Phi) is 6.93. The fraction of sp³-hybridized carbons (Fsp3) is 0.429. The Morgan fingerprint density at radius 1 is 1.35 bits per heavy atom. The molecule has 0 aliphatic carbocycles. The lowest BCUT2D eigenvalue weighted by Crippen LogP contribution is -2.37. The number of benzene rings is 1. The van der Waals surface area contributed by atoms with Gasteiger partial charge in [-0.3, -0.25) is 0 Å². The van der Waals surface area contributed by atoms with Crippen LogP contribution in [0.25, 0.3) is 0 Å².